The summed E-state index contributed by atoms with van der Waals surface area (Å²) in [4.78, 5) is 45.9. The van der Waals surface area contributed by atoms with Crippen LogP contribution in [0.3, 0.4) is 0 Å². The molecule has 0 spiro atoms. The molecule has 32 heavy (non-hydrogen) atoms. The number of hydrogen-bond acceptors (Lipinski definition) is 5. The highest BCUT2D eigenvalue weighted by atomic mass is 16.3. The fourth-order valence-electron chi connectivity index (χ4n) is 3.77. The molecule has 0 aliphatic rings. The first-order valence-corrected chi connectivity index (χ1v) is 10.7. The highest BCUT2D eigenvalue weighted by Gasteiger charge is 2.21. The van der Waals surface area contributed by atoms with Crippen LogP contribution in [0.5, 0.6) is 5.75 Å². The van der Waals surface area contributed by atoms with E-state index in [0.29, 0.717) is 34.1 Å². The summed E-state index contributed by atoms with van der Waals surface area (Å²) in [7, 11) is 0. The van der Waals surface area contributed by atoms with E-state index in [1.165, 1.54) is 0 Å². The predicted molar refractivity (Wildman–Crippen MR) is 124 cm³/mol. The van der Waals surface area contributed by atoms with Crippen molar-refractivity contribution < 1.29 is 9.90 Å². The number of aromatic amines is 1. The first-order valence-electron chi connectivity index (χ1n) is 10.7. The Labute approximate surface area is 183 Å². The standard InChI is InChI=1S/C24H24N4O4/c1-2-3-4-5-14-19-25-18-13-9-7-11-16(18)24(32)28(19)27-23(31)20-21(29)15-10-6-8-12-17(15)26-22(20)30/h6-13H,2-5,14H2,1H3,(H,27,31)(H2,26,29,30). The van der Waals surface area contributed by atoms with Crippen molar-refractivity contribution in [1.29, 1.82) is 0 Å². The molecule has 0 radical (unpaired) electrons. The number of para-hydroxylation sites is 2. The van der Waals surface area contributed by atoms with Gasteiger partial charge in [-0.25, -0.2) is 9.66 Å². The number of nitrogens with one attached hydrogen (secondary N) is 2. The number of nitrogens with zero attached hydrogens (tertiary/aromatic N) is 2. The van der Waals surface area contributed by atoms with Gasteiger partial charge in [-0.1, -0.05) is 50.5 Å². The zero-order valence-electron chi connectivity index (χ0n) is 17.7. The Morgan fingerprint density at radius 3 is 2.53 bits per heavy atom. The van der Waals surface area contributed by atoms with Crippen LogP contribution in [0.15, 0.2) is 58.1 Å². The maximum absolute atomic E-state index is 13.1. The van der Waals surface area contributed by atoms with Gasteiger partial charge in [-0.15, -0.1) is 0 Å². The third-order valence-electron chi connectivity index (χ3n) is 5.43. The molecule has 8 nitrogen and oxygen atoms in total. The van der Waals surface area contributed by atoms with E-state index in [0.717, 1.165) is 30.4 Å². The van der Waals surface area contributed by atoms with Gasteiger partial charge in [0, 0.05) is 11.8 Å². The number of pyridine rings is 1. The third-order valence-corrected chi connectivity index (χ3v) is 5.43. The second-order valence-corrected chi connectivity index (χ2v) is 7.66. The second-order valence-electron chi connectivity index (χ2n) is 7.66. The molecule has 4 rings (SSSR count). The predicted octanol–water partition coefficient (Wildman–Crippen LogP) is 3.45. The smallest absolute Gasteiger partial charge is 0.280 e. The summed E-state index contributed by atoms with van der Waals surface area (Å²) in [6.07, 6.45) is 4.39. The van der Waals surface area contributed by atoms with Crippen LogP contribution in [-0.4, -0.2) is 25.7 Å². The lowest BCUT2D eigenvalue weighted by Crippen LogP contribution is -2.38. The van der Waals surface area contributed by atoms with Crippen molar-refractivity contribution in [3.8, 4) is 5.75 Å². The van der Waals surface area contributed by atoms with E-state index >= 15 is 0 Å². The van der Waals surface area contributed by atoms with Gasteiger partial charge in [-0.3, -0.25) is 19.8 Å². The number of hydrogen-bond donors (Lipinski definition) is 3. The zero-order chi connectivity index (χ0) is 22.7. The Morgan fingerprint density at radius 2 is 1.75 bits per heavy atom. The largest absolute Gasteiger partial charge is 0.506 e. The van der Waals surface area contributed by atoms with Crippen molar-refractivity contribution in [2.75, 3.05) is 5.43 Å². The van der Waals surface area contributed by atoms with E-state index in [1.54, 1.807) is 48.5 Å². The minimum Gasteiger partial charge on any atom is -0.506 e. The van der Waals surface area contributed by atoms with E-state index in [2.05, 4.69) is 22.3 Å². The molecule has 0 aliphatic heterocycles. The molecular weight excluding hydrogens is 408 g/mol. The molecule has 0 aliphatic carbocycles. The number of carbonyl (C=O) groups is 1. The highest BCUT2D eigenvalue weighted by Crippen LogP contribution is 2.24. The van der Waals surface area contributed by atoms with Crippen molar-refractivity contribution >= 4 is 27.7 Å². The maximum Gasteiger partial charge on any atom is 0.280 e. The summed E-state index contributed by atoms with van der Waals surface area (Å²) in [6.45, 7) is 2.11. The number of fused-ring (bicyclic) bond motifs is 2. The van der Waals surface area contributed by atoms with Crippen LogP contribution in [-0.2, 0) is 6.42 Å². The molecule has 4 aromatic rings. The summed E-state index contributed by atoms with van der Waals surface area (Å²) in [5.74, 6) is -0.925. The molecule has 3 N–H and O–H groups in total. The van der Waals surface area contributed by atoms with Gasteiger partial charge in [-0.05, 0) is 30.7 Å². The van der Waals surface area contributed by atoms with Gasteiger partial charge in [0.25, 0.3) is 17.0 Å². The normalized spacial score (nSPS) is 11.2. The average molecular weight is 432 g/mol. The number of aromatic hydroxyl groups is 1. The Bertz CT molecular complexity index is 1420. The Morgan fingerprint density at radius 1 is 1.03 bits per heavy atom. The first kappa shape index (κ1) is 21.3. The van der Waals surface area contributed by atoms with Crippen molar-refractivity contribution in [2.24, 2.45) is 0 Å². The molecule has 164 valence electrons. The lowest BCUT2D eigenvalue weighted by molar-refractivity contribution is 0.100. The number of aromatic nitrogens is 3. The average Bonchev–Trinajstić information content (AvgIpc) is 2.79. The molecular formula is C24H24N4O4. The van der Waals surface area contributed by atoms with E-state index in [-0.39, 0.29) is 0 Å². The van der Waals surface area contributed by atoms with Crippen molar-refractivity contribution in [1.82, 2.24) is 14.6 Å². The molecule has 0 saturated carbocycles. The number of unbranched alkanes of at least 4 members (excludes halogenated alkanes) is 3. The molecule has 0 bridgehead atoms. The maximum atomic E-state index is 13.1. The van der Waals surface area contributed by atoms with Gasteiger partial charge in [0.2, 0.25) is 0 Å². The molecule has 8 heteroatoms. The minimum atomic E-state index is -0.886. The first-order chi connectivity index (χ1) is 15.5. The third kappa shape index (κ3) is 3.99. The molecule has 0 unspecified atom stereocenters. The van der Waals surface area contributed by atoms with E-state index in [1.807, 2.05) is 0 Å². The van der Waals surface area contributed by atoms with E-state index in [4.69, 9.17) is 0 Å². The van der Waals surface area contributed by atoms with Gasteiger partial charge in [0.1, 0.15) is 17.1 Å². The van der Waals surface area contributed by atoms with Crippen LogP contribution in [0.2, 0.25) is 0 Å². The number of amides is 1. The van der Waals surface area contributed by atoms with Crippen LogP contribution in [0.4, 0.5) is 0 Å². The van der Waals surface area contributed by atoms with Gasteiger partial charge in [0.05, 0.1) is 16.4 Å². The summed E-state index contributed by atoms with van der Waals surface area (Å²) < 4.78 is 1.09. The molecule has 2 aromatic carbocycles. The van der Waals surface area contributed by atoms with E-state index < -0.39 is 28.3 Å². The van der Waals surface area contributed by atoms with Crippen molar-refractivity contribution in [3.63, 3.8) is 0 Å². The number of benzene rings is 2. The number of aryl methyl sites for hydroxylation is 1. The van der Waals surface area contributed by atoms with Gasteiger partial charge < -0.3 is 10.1 Å². The topological polar surface area (TPSA) is 117 Å². The number of carbonyl (C=O) groups excluding carboxylic acids is 1. The fraction of sp³-hybridized carbons (Fsp3) is 0.250. The van der Waals surface area contributed by atoms with Crippen LogP contribution < -0.4 is 16.5 Å². The molecule has 2 aromatic heterocycles. The van der Waals surface area contributed by atoms with Crippen LogP contribution in [0.1, 0.15) is 48.8 Å². The van der Waals surface area contributed by atoms with Gasteiger partial charge in [0.15, 0.2) is 0 Å². The summed E-state index contributed by atoms with van der Waals surface area (Å²) in [5, 5.41) is 11.3. The number of rotatable bonds is 7. The Kier molecular flexibility index (Phi) is 6.02. The molecule has 0 saturated heterocycles. The summed E-state index contributed by atoms with van der Waals surface area (Å²) >= 11 is 0. The quantitative estimate of drug-likeness (QED) is 0.387. The minimum absolute atomic E-state index is 0.334. The second kappa shape index (κ2) is 9.05. The summed E-state index contributed by atoms with van der Waals surface area (Å²) in [5.41, 5.74) is 1.81. The molecule has 1 amide bonds. The van der Waals surface area contributed by atoms with Crippen LogP contribution >= 0.6 is 0 Å². The molecule has 2 heterocycles. The molecule has 0 atom stereocenters. The van der Waals surface area contributed by atoms with Crippen molar-refractivity contribution in [3.05, 3.63) is 80.6 Å². The van der Waals surface area contributed by atoms with Gasteiger partial charge >= 0.3 is 0 Å². The fourth-order valence-corrected chi connectivity index (χ4v) is 3.77. The van der Waals surface area contributed by atoms with E-state index in [9.17, 15) is 19.5 Å². The summed E-state index contributed by atoms with van der Waals surface area (Å²) in [6, 6.07) is 13.5. The SMILES string of the molecule is CCCCCCc1nc2ccccc2c(=O)n1NC(=O)c1c(O)c2ccccc2[nH]c1=O. The number of H-pyrrole nitrogens is 1. The van der Waals surface area contributed by atoms with Crippen molar-refractivity contribution in [2.45, 2.75) is 39.0 Å². The Balaban J connectivity index is 1.77. The lowest BCUT2D eigenvalue weighted by Gasteiger charge is -2.15. The molecule has 0 fully saturated rings. The van der Waals surface area contributed by atoms with Crippen LogP contribution in [0, 0.1) is 0 Å². The monoisotopic (exact) mass is 432 g/mol. The lowest BCUT2D eigenvalue weighted by atomic mass is 10.1. The van der Waals surface area contributed by atoms with Crippen LogP contribution in [0.25, 0.3) is 21.8 Å². The Hall–Kier alpha value is -3.94. The highest BCUT2D eigenvalue weighted by molar-refractivity contribution is 6.06. The van der Waals surface area contributed by atoms with Gasteiger partial charge in [-0.2, -0.15) is 0 Å². The zero-order valence-corrected chi connectivity index (χ0v) is 17.7.